The van der Waals surface area contributed by atoms with Crippen LogP contribution in [0.2, 0.25) is 5.02 Å². The number of amides is 2. The van der Waals surface area contributed by atoms with Crippen molar-refractivity contribution < 1.29 is 9.59 Å². The number of aromatic nitrogens is 1. The van der Waals surface area contributed by atoms with Gasteiger partial charge in [-0.05, 0) is 49.6 Å². The van der Waals surface area contributed by atoms with E-state index in [1.54, 1.807) is 43.3 Å². The summed E-state index contributed by atoms with van der Waals surface area (Å²) in [7, 11) is 0. The Kier molecular flexibility index (Phi) is 4.63. The normalized spacial score (nSPS) is 15.9. The zero-order chi connectivity index (χ0) is 18.0. The van der Waals surface area contributed by atoms with Gasteiger partial charge in [0, 0.05) is 17.3 Å². The lowest BCUT2D eigenvalue weighted by molar-refractivity contribution is -0.123. The highest BCUT2D eigenvalue weighted by atomic mass is 35.5. The largest absolute Gasteiger partial charge is 0.367 e. The second-order valence-electron chi connectivity index (χ2n) is 6.30. The fourth-order valence-electron chi connectivity index (χ4n) is 2.43. The number of nitrogens with zero attached hydrogens (tertiary/aromatic N) is 1. The van der Waals surface area contributed by atoms with Crippen LogP contribution in [0.5, 0.6) is 0 Å². The highest BCUT2D eigenvalue weighted by Gasteiger charge is 2.35. The first kappa shape index (κ1) is 17.2. The number of halogens is 1. The first-order valence-electron chi connectivity index (χ1n) is 7.99. The number of anilines is 1. The Morgan fingerprint density at radius 1 is 1.28 bits per heavy atom. The molecular weight excluding hydrogens is 340 g/mol. The van der Waals surface area contributed by atoms with Crippen molar-refractivity contribution in [1.82, 2.24) is 10.3 Å². The Labute approximate surface area is 150 Å². The van der Waals surface area contributed by atoms with Gasteiger partial charge in [-0.25, -0.2) is 4.98 Å². The molecule has 1 aromatic carbocycles. The van der Waals surface area contributed by atoms with Crippen LogP contribution < -0.4 is 16.4 Å². The maximum absolute atomic E-state index is 12.6. The van der Waals surface area contributed by atoms with Gasteiger partial charge in [0.15, 0.2) is 0 Å². The van der Waals surface area contributed by atoms with Crippen LogP contribution in [0.4, 0.5) is 5.82 Å². The Balaban J connectivity index is 1.79. The molecule has 4 N–H and O–H groups in total. The fraction of sp³-hybridized carbons (Fsp3) is 0.278. The summed E-state index contributed by atoms with van der Waals surface area (Å²) in [6.07, 6.45) is 3.75. The van der Waals surface area contributed by atoms with Crippen LogP contribution in [0.3, 0.4) is 0 Å². The number of primary amides is 1. The molecule has 25 heavy (non-hydrogen) atoms. The van der Waals surface area contributed by atoms with E-state index >= 15 is 0 Å². The van der Waals surface area contributed by atoms with Crippen molar-refractivity contribution in [3.63, 3.8) is 0 Å². The van der Waals surface area contributed by atoms with E-state index in [0.717, 1.165) is 18.7 Å². The van der Waals surface area contributed by atoms with Gasteiger partial charge in [0.2, 0.25) is 5.91 Å². The lowest BCUT2D eigenvalue weighted by Gasteiger charge is -2.28. The summed E-state index contributed by atoms with van der Waals surface area (Å²) < 4.78 is 0. The quantitative estimate of drug-likeness (QED) is 0.738. The highest BCUT2D eigenvalue weighted by molar-refractivity contribution is 6.30. The molecule has 1 aromatic heterocycles. The molecule has 1 saturated carbocycles. The van der Waals surface area contributed by atoms with Gasteiger partial charge in [-0.2, -0.15) is 0 Å². The number of carbonyl (C=O) groups excluding carboxylic acids is 2. The maximum Gasteiger partial charge on any atom is 0.253 e. The summed E-state index contributed by atoms with van der Waals surface area (Å²) in [6.45, 7) is 1.55. The smallest absolute Gasteiger partial charge is 0.253 e. The van der Waals surface area contributed by atoms with Gasteiger partial charge < -0.3 is 16.4 Å². The molecular formula is C18H19ClN4O2. The molecule has 0 saturated heterocycles. The van der Waals surface area contributed by atoms with Gasteiger partial charge in [0.25, 0.3) is 5.91 Å². The second-order valence-corrected chi connectivity index (χ2v) is 6.74. The summed E-state index contributed by atoms with van der Waals surface area (Å²) in [5.41, 5.74) is 5.02. The van der Waals surface area contributed by atoms with Crippen molar-refractivity contribution in [3.05, 3.63) is 58.7 Å². The van der Waals surface area contributed by atoms with Crippen molar-refractivity contribution in [1.29, 1.82) is 0 Å². The number of pyridine rings is 1. The molecule has 0 radical (unpaired) electrons. The van der Waals surface area contributed by atoms with Crippen LogP contribution >= 0.6 is 11.6 Å². The Morgan fingerprint density at radius 2 is 2.04 bits per heavy atom. The van der Waals surface area contributed by atoms with Crippen LogP contribution in [0.15, 0.2) is 42.6 Å². The topological polar surface area (TPSA) is 97.1 Å². The maximum atomic E-state index is 12.6. The van der Waals surface area contributed by atoms with E-state index in [-0.39, 0.29) is 0 Å². The highest BCUT2D eigenvalue weighted by Crippen LogP contribution is 2.25. The predicted molar refractivity (Wildman–Crippen MR) is 96.3 cm³/mol. The van der Waals surface area contributed by atoms with Crippen LogP contribution in [0.25, 0.3) is 0 Å². The third-order valence-electron chi connectivity index (χ3n) is 4.21. The summed E-state index contributed by atoms with van der Waals surface area (Å²) >= 11 is 5.99. The van der Waals surface area contributed by atoms with Crippen molar-refractivity contribution in [2.75, 3.05) is 5.32 Å². The zero-order valence-electron chi connectivity index (χ0n) is 13.8. The lowest BCUT2D eigenvalue weighted by atomic mass is 9.91. The third-order valence-corrected chi connectivity index (χ3v) is 4.45. The Hall–Kier alpha value is -2.60. The van der Waals surface area contributed by atoms with E-state index in [1.807, 2.05) is 0 Å². The number of benzene rings is 1. The number of hydrogen-bond donors (Lipinski definition) is 3. The molecule has 1 atom stereocenters. The van der Waals surface area contributed by atoms with Crippen LogP contribution in [0, 0.1) is 0 Å². The van der Waals surface area contributed by atoms with Gasteiger partial charge in [-0.1, -0.05) is 23.7 Å². The van der Waals surface area contributed by atoms with Gasteiger partial charge in [0.05, 0.1) is 5.56 Å². The van der Waals surface area contributed by atoms with Crippen molar-refractivity contribution in [3.8, 4) is 0 Å². The first-order valence-corrected chi connectivity index (χ1v) is 8.37. The first-order chi connectivity index (χ1) is 11.9. The van der Waals surface area contributed by atoms with E-state index in [1.165, 1.54) is 6.20 Å². The molecule has 1 aliphatic carbocycles. The molecule has 2 amide bonds. The number of carbonyl (C=O) groups is 2. The SMILES string of the molecule is CC(NC(=O)c1ccc(NC2CC2)nc1)(C(N)=O)c1cccc(Cl)c1. The fourth-order valence-corrected chi connectivity index (χ4v) is 2.62. The van der Waals surface area contributed by atoms with E-state index in [0.29, 0.717) is 22.2 Å². The van der Waals surface area contributed by atoms with Crippen molar-refractivity contribution >= 4 is 29.2 Å². The molecule has 130 valence electrons. The molecule has 2 aromatic rings. The van der Waals surface area contributed by atoms with E-state index in [2.05, 4.69) is 15.6 Å². The molecule has 1 unspecified atom stereocenters. The van der Waals surface area contributed by atoms with Gasteiger partial charge in [-0.15, -0.1) is 0 Å². The molecule has 7 heteroatoms. The monoisotopic (exact) mass is 358 g/mol. The minimum Gasteiger partial charge on any atom is -0.367 e. The minimum atomic E-state index is -1.38. The Bertz CT molecular complexity index is 805. The van der Waals surface area contributed by atoms with Crippen LogP contribution in [-0.2, 0) is 10.3 Å². The standard InChI is InChI=1S/C18H19ClN4O2/c1-18(17(20)25,12-3-2-4-13(19)9-12)23-16(24)11-5-8-15(21-10-11)22-14-6-7-14/h2-5,8-10,14H,6-7H2,1H3,(H2,20,25)(H,21,22)(H,23,24). The zero-order valence-corrected chi connectivity index (χ0v) is 14.5. The van der Waals surface area contributed by atoms with Crippen molar-refractivity contribution in [2.24, 2.45) is 5.73 Å². The molecule has 0 bridgehead atoms. The summed E-state index contributed by atoms with van der Waals surface area (Å²) in [4.78, 5) is 28.8. The average molecular weight is 359 g/mol. The molecule has 1 heterocycles. The van der Waals surface area contributed by atoms with Crippen LogP contribution in [0.1, 0.15) is 35.7 Å². The number of nitrogens with one attached hydrogen (secondary N) is 2. The lowest BCUT2D eigenvalue weighted by Crippen LogP contribution is -2.52. The predicted octanol–water partition coefficient (Wildman–Crippen LogP) is 2.44. The second kappa shape index (κ2) is 6.72. The Morgan fingerprint density at radius 3 is 2.60 bits per heavy atom. The van der Waals surface area contributed by atoms with E-state index in [4.69, 9.17) is 17.3 Å². The molecule has 1 fully saturated rings. The van der Waals surface area contributed by atoms with E-state index in [9.17, 15) is 9.59 Å². The molecule has 3 rings (SSSR count). The van der Waals surface area contributed by atoms with Gasteiger partial charge in [0.1, 0.15) is 11.4 Å². The van der Waals surface area contributed by atoms with Gasteiger partial charge in [-0.3, -0.25) is 9.59 Å². The minimum absolute atomic E-state index is 0.343. The van der Waals surface area contributed by atoms with E-state index < -0.39 is 17.4 Å². The summed E-state index contributed by atoms with van der Waals surface area (Å²) in [5.74, 6) is -0.388. The van der Waals surface area contributed by atoms with Crippen molar-refractivity contribution in [2.45, 2.75) is 31.3 Å². The summed E-state index contributed by atoms with van der Waals surface area (Å²) in [5, 5.41) is 6.40. The van der Waals surface area contributed by atoms with Gasteiger partial charge >= 0.3 is 0 Å². The molecule has 0 spiro atoms. The summed E-state index contributed by atoms with van der Waals surface area (Å²) in [6, 6.07) is 10.6. The molecule has 1 aliphatic rings. The number of hydrogen-bond acceptors (Lipinski definition) is 4. The molecule has 6 nitrogen and oxygen atoms in total. The van der Waals surface area contributed by atoms with Crippen LogP contribution in [-0.4, -0.2) is 22.8 Å². The number of rotatable bonds is 6. The molecule has 0 aliphatic heterocycles. The number of nitrogens with two attached hydrogens (primary N) is 1. The average Bonchev–Trinajstić information content (AvgIpc) is 3.39. The third kappa shape index (κ3) is 3.91.